The van der Waals surface area contributed by atoms with Gasteiger partial charge in [-0.1, -0.05) is 0 Å². The van der Waals surface area contributed by atoms with Crippen molar-refractivity contribution in [2.75, 3.05) is 23.9 Å². The summed E-state index contributed by atoms with van der Waals surface area (Å²) in [5.41, 5.74) is 1.77. The molecule has 0 aliphatic carbocycles. The molecular weight excluding hydrogens is 216 g/mol. The molecule has 4 heteroatoms. The van der Waals surface area contributed by atoms with Crippen LogP contribution in [0.4, 0.5) is 11.4 Å². The van der Waals surface area contributed by atoms with Gasteiger partial charge in [0.05, 0.1) is 25.0 Å². The van der Waals surface area contributed by atoms with Crippen LogP contribution in [0.5, 0.6) is 5.75 Å². The molecule has 1 aliphatic heterocycles. The minimum atomic E-state index is -0.0822. The lowest BCUT2D eigenvalue weighted by atomic mass is 10.0. The van der Waals surface area contributed by atoms with Crippen LogP contribution < -0.4 is 15.0 Å². The van der Waals surface area contributed by atoms with E-state index in [1.807, 2.05) is 18.2 Å². The summed E-state index contributed by atoms with van der Waals surface area (Å²) < 4.78 is 5.17. The number of ether oxygens (including phenoxy) is 1. The van der Waals surface area contributed by atoms with Gasteiger partial charge in [-0.2, -0.15) is 0 Å². The highest BCUT2D eigenvalue weighted by molar-refractivity contribution is 6.01. The maximum atomic E-state index is 11.7. The number of benzene rings is 1. The molecule has 4 nitrogen and oxygen atoms in total. The van der Waals surface area contributed by atoms with Crippen molar-refractivity contribution in [2.45, 2.75) is 26.3 Å². The molecule has 0 saturated heterocycles. The highest BCUT2D eigenvalue weighted by Crippen LogP contribution is 2.36. The normalized spacial score (nSPS) is 15.3. The second-order valence-electron chi connectivity index (χ2n) is 5.19. The molecule has 1 aliphatic rings. The quantitative estimate of drug-likeness (QED) is 0.810. The van der Waals surface area contributed by atoms with Crippen LogP contribution in [-0.2, 0) is 4.79 Å². The van der Waals surface area contributed by atoms with Crippen LogP contribution in [0.25, 0.3) is 0 Å². The van der Waals surface area contributed by atoms with Gasteiger partial charge in [0.15, 0.2) is 0 Å². The Morgan fingerprint density at radius 1 is 1.35 bits per heavy atom. The van der Waals surface area contributed by atoms with Gasteiger partial charge < -0.3 is 15.0 Å². The van der Waals surface area contributed by atoms with E-state index in [0.29, 0.717) is 6.54 Å². The Bertz CT molecular complexity index is 449. The topological polar surface area (TPSA) is 41.6 Å². The molecular formula is C13H18N2O2. The molecule has 0 spiro atoms. The summed E-state index contributed by atoms with van der Waals surface area (Å²) in [6.45, 7) is 6.68. The fraction of sp³-hybridized carbons (Fsp3) is 0.462. The smallest absolute Gasteiger partial charge is 0.243 e. The van der Waals surface area contributed by atoms with Gasteiger partial charge in [0.2, 0.25) is 5.91 Å². The summed E-state index contributed by atoms with van der Waals surface area (Å²) in [5.74, 6) is 0.764. The molecule has 0 bridgehead atoms. The molecule has 1 aromatic carbocycles. The third-order valence-electron chi connectivity index (χ3n) is 2.88. The molecule has 1 N–H and O–H groups in total. The molecule has 0 aromatic heterocycles. The Morgan fingerprint density at radius 3 is 2.65 bits per heavy atom. The average molecular weight is 234 g/mol. The predicted octanol–water partition coefficient (Wildman–Crippen LogP) is 2.25. The lowest BCUT2D eigenvalue weighted by Crippen LogP contribution is -2.48. The SMILES string of the molecule is COc1ccc2c(c1)NC(=O)CN2C(C)(C)C. The molecule has 2 rings (SSSR count). The highest BCUT2D eigenvalue weighted by atomic mass is 16.5. The molecule has 0 atom stereocenters. The van der Waals surface area contributed by atoms with Gasteiger partial charge in [-0.05, 0) is 32.9 Å². The van der Waals surface area contributed by atoms with Crippen molar-refractivity contribution in [2.24, 2.45) is 0 Å². The molecule has 0 unspecified atom stereocenters. The lowest BCUT2D eigenvalue weighted by Gasteiger charge is -2.41. The number of fused-ring (bicyclic) bond motifs is 1. The van der Waals surface area contributed by atoms with Crippen LogP contribution in [0.2, 0.25) is 0 Å². The van der Waals surface area contributed by atoms with E-state index in [0.717, 1.165) is 17.1 Å². The van der Waals surface area contributed by atoms with Crippen molar-refractivity contribution in [3.63, 3.8) is 0 Å². The second-order valence-corrected chi connectivity index (χ2v) is 5.19. The van der Waals surface area contributed by atoms with E-state index >= 15 is 0 Å². The third kappa shape index (κ3) is 2.20. The summed E-state index contributed by atoms with van der Waals surface area (Å²) in [6.07, 6.45) is 0. The summed E-state index contributed by atoms with van der Waals surface area (Å²) in [4.78, 5) is 13.8. The Kier molecular flexibility index (Phi) is 2.73. The zero-order chi connectivity index (χ0) is 12.6. The fourth-order valence-electron chi connectivity index (χ4n) is 1.99. The number of hydrogen-bond donors (Lipinski definition) is 1. The maximum Gasteiger partial charge on any atom is 0.243 e. The largest absolute Gasteiger partial charge is 0.497 e. The summed E-state index contributed by atoms with van der Waals surface area (Å²) >= 11 is 0. The van der Waals surface area contributed by atoms with Crippen molar-refractivity contribution >= 4 is 17.3 Å². The number of rotatable bonds is 1. The first-order chi connectivity index (χ1) is 7.91. The lowest BCUT2D eigenvalue weighted by molar-refractivity contribution is -0.115. The highest BCUT2D eigenvalue weighted by Gasteiger charge is 2.30. The average Bonchev–Trinajstić information content (AvgIpc) is 2.25. The van der Waals surface area contributed by atoms with E-state index in [4.69, 9.17) is 4.74 Å². The molecule has 17 heavy (non-hydrogen) atoms. The molecule has 0 radical (unpaired) electrons. The molecule has 0 fully saturated rings. The van der Waals surface area contributed by atoms with Crippen LogP contribution >= 0.6 is 0 Å². The van der Waals surface area contributed by atoms with Gasteiger partial charge in [0.1, 0.15) is 5.75 Å². The maximum absolute atomic E-state index is 11.7. The Labute approximate surface area is 102 Å². The van der Waals surface area contributed by atoms with Crippen molar-refractivity contribution in [1.82, 2.24) is 0 Å². The van der Waals surface area contributed by atoms with Gasteiger partial charge in [-0.3, -0.25) is 4.79 Å². The van der Waals surface area contributed by atoms with Gasteiger partial charge >= 0.3 is 0 Å². The Hall–Kier alpha value is -1.71. The first-order valence-electron chi connectivity index (χ1n) is 5.67. The molecule has 92 valence electrons. The molecule has 0 saturated carbocycles. The number of anilines is 2. The fourth-order valence-corrected chi connectivity index (χ4v) is 1.99. The molecule has 1 heterocycles. The number of amides is 1. The summed E-state index contributed by atoms with van der Waals surface area (Å²) in [7, 11) is 1.62. The van der Waals surface area contributed by atoms with Crippen molar-refractivity contribution in [1.29, 1.82) is 0 Å². The van der Waals surface area contributed by atoms with Gasteiger partial charge in [-0.25, -0.2) is 0 Å². The molecule has 1 amide bonds. The zero-order valence-corrected chi connectivity index (χ0v) is 10.7. The van der Waals surface area contributed by atoms with Gasteiger partial charge in [0.25, 0.3) is 0 Å². The summed E-state index contributed by atoms with van der Waals surface area (Å²) in [5, 5.41) is 2.88. The van der Waals surface area contributed by atoms with Crippen LogP contribution in [0.3, 0.4) is 0 Å². The first-order valence-corrected chi connectivity index (χ1v) is 5.67. The van der Waals surface area contributed by atoms with Crippen LogP contribution in [0.1, 0.15) is 20.8 Å². The number of hydrogen-bond acceptors (Lipinski definition) is 3. The standard InChI is InChI=1S/C13H18N2O2/c1-13(2,3)15-8-12(16)14-10-7-9(17-4)5-6-11(10)15/h5-7H,8H2,1-4H3,(H,14,16). The van der Waals surface area contributed by atoms with Gasteiger partial charge in [0, 0.05) is 11.6 Å². The second kappa shape index (κ2) is 3.95. The Morgan fingerprint density at radius 2 is 2.06 bits per heavy atom. The van der Waals surface area contributed by atoms with E-state index in [-0.39, 0.29) is 11.4 Å². The minimum absolute atomic E-state index is 0.0145. The van der Waals surface area contributed by atoms with E-state index in [1.54, 1.807) is 7.11 Å². The van der Waals surface area contributed by atoms with Crippen molar-refractivity contribution < 1.29 is 9.53 Å². The number of carbonyl (C=O) groups is 1. The van der Waals surface area contributed by atoms with E-state index in [1.165, 1.54) is 0 Å². The number of nitrogens with one attached hydrogen (secondary N) is 1. The summed E-state index contributed by atoms with van der Waals surface area (Å²) in [6, 6.07) is 5.75. The Balaban J connectivity index is 2.47. The minimum Gasteiger partial charge on any atom is -0.497 e. The third-order valence-corrected chi connectivity index (χ3v) is 2.88. The number of nitrogens with zero attached hydrogens (tertiary/aromatic N) is 1. The monoisotopic (exact) mass is 234 g/mol. The van der Waals surface area contributed by atoms with Crippen molar-refractivity contribution in [3.8, 4) is 5.75 Å². The van der Waals surface area contributed by atoms with Crippen LogP contribution in [0.15, 0.2) is 18.2 Å². The van der Waals surface area contributed by atoms with E-state index in [2.05, 4.69) is 31.0 Å². The number of methoxy groups -OCH3 is 1. The first kappa shape index (κ1) is 11.8. The van der Waals surface area contributed by atoms with Crippen LogP contribution in [0, 0.1) is 0 Å². The molecule has 1 aromatic rings. The van der Waals surface area contributed by atoms with E-state index < -0.39 is 0 Å². The predicted molar refractivity (Wildman–Crippen MR) is 68.7 cm³/mol. The zero-order valence-electron chi connectivity index (χ0n) is 10.7. The van der Waals surface area contributed by atoms with Gasteiger partial charge in [-0.15, -0.1) is 0 Å². The van der Waals surface area contributed by atoms with E-state index in [9.17, 15) is 4.79 Å². The number of carbonyl (C=O) groups excluding carboxylic acids is 1. The van der Waals surface area contributed by atoms with Crippen molar-refractivity contribution in [3.05, 3.63) is 18.2 Å². The van der Waals surface area contributed by atoms with Crippen LogP contribution in [-0.4, -0.2) is 25.1 Å².